The lowest BCUT2D eigenvalue weighted by Gasteiger charge is -2.34. The summed E-state index contributed by atoms with van der Waals surface area (Å²) in [4.78, 5) is 7.52. The summed E-state index contributed by atoms with van der Waals surface area (Å²) in [6.07, 6.45) is 5.62. The van der Waals surface area contributed by atoms with E-state index >= 15 is 0 Å². The molecule has 3 heterocycles. The lowest BCUT2D eigenvalue weighted by molar-refractivity contribution is 0.623. The maximum Gasteiger partial charge on any atom is 0.227 e. The summed E-state index contributed by atoms with van der Waals surface area (Å²) in [5, 5.41) is 6.10. The first-order valence-electron chi connectivity index (χ1n) is 19.8. The van der Waals surface area contributed by atoms with E-state index in [0.717, 1.165) is 50.7 Å². The Kier molecular flexibility index (Phi) is 7.50. The third-order valence-electron chi connectivity index (χ3n) is 11.8. The van der Waals surface area contributed by atoms with Crippen LogP contribution in [0, 0.1) is 0 Å². The number of rotatable bonds is 6. The lowest BCUT2D eigenvalue weighted by Crippen LogP contribution is -2.33. The fraction of sp³-hybridized carbons (Fsp3) is 0.0377. The molecule has 0 radical (unpaired) electrons. The van der Waals surface area contributed by atoms with Crippen LogP contribution in [-0.4, -0.2) is 15.6 Å². The van der Waals surface area contributed by atoms with Crippen LogP contribution in [0.4, 0.5) is 11.4 Å². The molecule has 0 amide bonds. The molecule has 0 N–H and O–H groups in total. The number of nitrogens with zero attached hydrogens (tertiary/aromatic N) is 3. The monoisotopic (exact) mass is 761 g/mol. The number of oxazole rings is 1. The molecule has 0 spiro atoms. The topological polar surface area (TPSA) is 34.2 Å². The van der Waals surface area contributed by atoms with Gasteiger partial charge in [-0.15, -0.1) is 11.3 Å². The molecular formula is C53H35N3OS. The van der Waals surface area contributed by atoms with Crippen LogP contribution in [0.25, 0.3) is 87.3 Å². The molecule has 1 unspecified atom stereocenters. The molecule has 3 aromatic heterocycles. The van der Waals surface area contributed by atoms with Crippen LogP contribution in [0.3, 0.4) is 0 Å². The molecule has 8 aromatic carbocycles. The van der Waals surface area contributed by atoms with E-state index in [1.54, 1.807) is 0 Å². The van der Waals surface area contributed by atoms with Gasteiger partial charge in [-0.25, -0.2) is 4.98 Å². The SMILES string of the molecule is C1=CC(N(c2ccc(-c3cc4nc(-c5ccccc5)oc4c4ccccc34)cc2)c2ccc3sc4ccccc4c3c2)Cc2c1n(-c1ccccc1)c1ccccc21. The van der Waals surface area contributed by atoms with Gasteiger partial charge in [0.2, 0.25) is 5.89 Å². The van der Waals surface area contributed by atoms with E-state index in [4.69, 9.17) is 9.40 Å². The largest absolute Gasteiger partial charge is 0.435 e. The number of aromatic nitrogens is 2. The van der Waals surface area contributed by atoms with Gasteiger partial charge in [-0.1, -0.05) is 115 Å². The molecule has 0 saturated heterocycles. The van der Waals surface area contributed by atoms with Crippen molar-refractivity contribution >= 4 is 81.7 Å². The van der Waals surface area contributed by atoms with Crippen LogP contribution in [0.5, 0.6) is 0 Å². The summed E-state index contributed by atoms with van der Waals surface area (Å²) in [6.45, 7) is 0. The first-order chi connectivity index (χ1) is 28.7. The average molecular weight is 762 g/mol. The molecule has 58 heavy (non-hydrogen) atoms. The first kappa shape index (κ1) is 33.0. The van der Waals surface area contributed by atoms with Gasteiger partial charge in [0.25, 0.3) is 0 Å². The van der Waals surface area contributed by atoms with E-state index in [9.17, 15) is 0 Å². The fourth-order valence-electron chi connectivity index (χ4n) is 9.12. The van der Waals surface area contributed by atoms with Gasteiger partial charge >= 0.3 is 0 Å². The Hall–Kier alpha value is -7.21. The summed E-state index contributed by atoms with van der Waals surface area (Å²) in [5.74, 6) is 0.634. The van der Waals surface area contributed by atoms with Gasteiger partial charge in [0, 0.05) is 59.3 Å². The molecular weight excluding hydrogens is 727 g/mol. The van der Waals surface area contributed by atoms with Crippen molar-refractivity contribution < 1.29 is 4.42 Å². The first-order valence-corrected chi connectivity index (χ1v) is 20.6. The Balaban J connectivity index is 0.997. The zero-order valence-electron chi connectivity index (χ0n) is 31.4. The van der Waals surface area contributed by atoms with Crippen LogP contribution in [-0.2, 0) is 6.42 Å². The number of hydrogen-bond acceptors (Lipinski definition) is 4. The van der Waals surface area contributed by atoms with E-state index in [1.165, 1.54) is 53.7 Å². The van der Waals surface area contributed by atoms with Crippen LogP contribution >= 0.6 is 11.3 Å². The van der Waals surface area contributed by atoms with Crippen LogP contribution < -0.4 is 4.90 Å². The summed E-state index contributed by atoms with van der Waals surface area (Å²) >= 11 is 1.86. The number of fused-ring (bicyclic) bond motifs is 9. The fourth-order valence-corrected chi connectivity index (χ4v) is 10.2. The van der Waals surface area contributed by atoms with Crippen molar-refractivity contribution in [3.8, 4) is 28.3 Å². The Morgan fingerprint density at radius 3 is 2.07 bits per heavy atom. The highest BCUT2D eigenvalue weighted by atomic mass is 32.1. The van der Waals surface area contributed by atoms with Gasteiger partial charge in [0.05, 0.1) is 11.6 Å². The van der Waals surface area contributed by atoms with Crippen molar-refractivity contribution in [2.45, 2.75) is 12.5 Å². The van der Waals surface area contributed by atoms with Gasteiger partial charge in [0.1, 0.15) is 5.52 Å². The van der Waals surface area contributed by atoms with Crippen molar-refractivity contribution in [3.63, 3.8) is 0 Å². The molecule has 1 atom stereocenters. The second kappa shape index (κ2) is 13.2. The number of benzene rings is 8. The second-order valence-electron chi connectivity index (χ2n) is 15.1. The van der Waals surface area contributed by atoms with Crippen molar-refractivity contribution in [2.24, 2.45) is 0 Å². The van der Waals surface area contributed by atoms with Crippen LogP contribution in [0.2, 0.25) is 0 Å². The third kappa shape index (κ3) is 5.24. The highest BCUT2D eigenvalue weighted by Crippen LogP contribution is 2.43. The Morgan fingerprint density at radius 1 is 0.569 bits per heavy atom. The average Bonchev–Trinajstić information content (AvgIpc) is 3.99. The Morgan fingerprint density at radius 2 is 1.24 bits per heavy atom. The summed E-state index contributed by atoms with van der Waals surface area (Å²) in [7, 11) is 0. The molecule has 0 aliphatic heterocycles. The number of para-hydroxylation sites is 2. The van der Waals surface area contributed by atoms with E-state index < -0.39 is 0 Å². The van der Waals surface area contributed by atoms with Gasteiger partial charge in [-0.05, 0) is 107 Å². The van der Waals surface area contributed by atoms with Crippen molar-refractivity contribution in [1.29, 1.82) is 0 Å². The Bertz CT molecular complexity index is 3370. The van der Waals surface area contributed by atoms with Gasteiger partial charge in [-0.2, -0.15) is 0 Å². The molecule has 274 valence electrons. The van der Waals surface area contributed by atoms with Crippen molar-refractivity contribution in [3.05, 3.63) is 199 Å². The number of anilines is 2. The standard InChI is InChI=1S/C53H35N3OS/c1-3-13-35(14-4-1)53-54-47-33-44(40-17-7-8-20-43(40)52(47)57-53)34-23-25-37(26-24-34)55(39-28-30-51-46(32-39)42-19-10-12-22-50(42)58-51)38-27-29-49-45(31-38)41-18-9-11-21-48(41)56(49)36-15-5-2-6-16-36/h1-30,32-33,38H,31H2. The minimum Gasteiger partial charge on any atom is -0.435 e. The van der Waals surface area contributed by atoms with Crippen LogP contribution in [0.15, 0.2) is 192 Å². The maximum absolute atomic E-state index is 6.43. The second-order valence-corrected chi connectivity index (χ2v) is 16.2. The van der Waals surface area contributed by atoms with Crippen molar-refractivity contribution in [1.82, 2.24) is 9.55 Å². The highest BCUT2D eigenvalue weighted by Gasteiger charge is 2.28. The maximum atomic E-state index is 6.43. The lowest BCUT2D eigenvalue weighted by atomic mass is 9.94. The predicted octanol–water partition coefficient (Wildman–Crippen LogP) is 14.4. The molecule has 12 rings (SSSR count). The van der Waals surface area contributed by atoms with E-state index in [2.05, 4.69) is 173 Å². The predicted molar refractivity (Wildman–Crippen MR) is 244 cm³/mol. The van der Waals surface area contributed by atoms with Gasteiger partial charge in [0.15, 0.2) is 5.58 Å². The number of hydrogen-bond donors (Lipinski definition) is 0. The van der Waals surface area contributed by atoms with E-state index in [0.29, 0.717) is 5.89 Å². The van der Waals surface area contributed by atoms with E-state index in [1.807, 2.05) is 41.7 Å². The highest BCUT2D eigenvalue weighted by molar-refractivity contribution is 7.25. The minimum absolute atomic E-state index is 0.0828. The summed E-state index contributed by atoms with van der Waals surface area (Å²) < 4.78 is 11.5. The normalized spacial score (nSPS) is 13.9. The summed E-state index contributed by atoms with van der Waals surface area (Å²) in [5.41, 5.74) is 12.3. The zero-order valence-corrected chi connectivity index (χ0v) is 32.2. The number of thiophene rings is 1. The third-order valence-corrected chi connectivity index (χ3v) is 12.9. The quantitative estimate of drug-likeness (QED) is 0.169. The van der Waals surface area contributed by atoms with Crippen molar-refractivity contribution in [2.75, 3.05) is 4.90 Å². The summed E-state index contributed by atoms with van der Waals surface area (Å²) in [6, 6.07) is 65.4. The molecule has 0 fully saturated rings. The minimum atomic E-state index is 0.0828. The molecule has 5 heteroatoms. The zero-order chi connectivity index (χ0) is 38.2. The molecule has 0 bridgehead atoms. The van der Waals surface area contributed by atoms with Gasteiger partial charge < -0.3 is 13.9 Å². The van der Waals surface area contributed by atoms with Crippen LogP contribution in [0.1, 0.15) is 11.3 Å². The molecule has 4 nitrogen and oxygen atoms in total. The molecule has 0 saturated carbocycles. The molecule has 1 aliphatic rings. The van der Waals surface area contributed by atoms with E-state index in [-0.39, 0.29) is 6.04 Å². The Labute approximate surface area is 339 Å². The van der Waals surface area contributed by atoms with Gasteiger partial charge in [-0.3, -0.25) is 0 Å². The molecule has 1 aliphatic carbocycles. The molecule has 11 aromatic rings. The smallest absolute Gasteiger partial charge is 0.227 e.